The van der Waals surface area contributed by atoms with Crippen molar-refractivity contribution in [2.45, 2.75) is 13.5 Å². The summed E-state index contributed by atoms with van der Waals surface area (Å²) in [6, 6.07) is 8.22. The highest BCUT2D eigenvalue weighted by atomic mass is 16.6. The molecule has 7 heteroatoms. The Bertz CT molecular complexity index is 795. The van der Waals surface area contributed by atoms with Crippen LogP contribution in [0.15, 0.2) is 42.7 Å². The van der Waals surface area contributed by atoms with E-state index in [-0.39, 0.29) is 5.69 Å². The predicted octanol–water partition coefficient (Wildman–Crippen LogP) is 2.56. The van der Waals surface area contributed by atoms with Crippen molar-refractivity contribution in [3.63, 3.8) is 0 Å². The Kier molecular flexibility index (Phi) is 3.23. The topological polar surface area (TPSA) is 85.4 Å². The molecule has 106 valence electrons. The normalized spacial score (nSPS) is 10.7. The molecule has 0 fully saturated rings. The number of anilines is 1. The molecular formula is C14H13N5O2. The van der Waals surface area contributed by atoms with Crippen LogP contribution in [-0.4, -0.2) is 19.5 Å². The van der Waals surface area contributed by atoms with E-state index in [4.69, 9.17) is 0 Å². The molecule has 0 spiro atoms. The van der Waals surface area contributed by atoms with Crippen LogP contribution in [0.2, 0.25) is 0 Å². The second kappa shape index (κ2) is 5.20. The van der Waals surface area contributed by atoms with Gasteiger partial charge in [-0.15, -0.1) is 0 Å². The second-order valence-electron chi connectivity index (χ2n) is 4.71. The lowest BCUT2D eigenvalue weighted by Crippen LogP contribution is -2.02. The lowest BCUT2D eigenvalue weighted by molar-refractivity contribution is -0.384. The number of hydrogen-bond donors (Lipinski definition) is 1. The van der Waals surface area contributed by atoms with Gasteiger partial charge in [0.1, 0.15) is 0 Å². The van der Waals surface area contributed by atoms with E-state index in [0.717, 1.165) is 22.6 Å². The fourth-order valence-electron chi connectivity index (χ4n) is 2.03. The van der Waals surface area contributed by atoms with Crippen molar-refractivity contribution < 1.29 is 4.92 Å². The second-order valence-corrected chi connectivity index (χ2v) is 4.71. The Morgan fingerprint density at radius 1 is 1.33 bits per heavy atom. The molecule has 0 atom stereocenters. The average Bonchev–Trinajstić information content (AvgIpc) is 2.84. The fourth-order valence-corrected chi connectivity index (χ4v) is 2.03. The molecule has 1 aromatic carbocycles. The quantitative estimate of drug-likeness (QED) is 0.587. The highest BCUT2D eigenvalue weighted by Crippen LogP contribution is 2.16. The number of nitrogens with one attached hydrogen (secondary N) is 1. The van der Waals surface area contributed by atoms with E-state index in [1.54, 1.807) is 22.8 Å². The Morgan fingerprint density at radius 2 is 2.10 bits per heavy atom. The largest absolute Gasteiger partial charge is 0.381 e. The number of non-ortho nitro benzene ring substituents is 1. The number of aryl methyl sites for hydroxylation is 1. The molecule has 7 nitrogen and oxygen atoms in total. The third kappa shape index (κ3) is 2.81. The van der Waals surface area contributed by atoms with Gasteiger partial charge in [-0.2, -0.15) is 5.10 Å². The molecule has 0 amide bonds. The minimum Gasteiger partial charge on any atom is -0.381 e. The summed E-state index contributed by atoms with van der Waals surface area (Å²) in [6.45, 7) is 2.49. The SMILES string of the molecule is Cc1cc2ncc(CNc3ccc([N+](=O)[O-])cc3)cn2n1. The number of nitro groups is 1. The van der Waals surface area contributed by atoms with E-state index in [1.165, 1.54) is 12.1 Å². The van der Waals surface area contributed by atoms with Gasteiger partial charge in [0.25, 0.3) is 5.69 Å². The summed E-state index contributed by atoms with van der Waals surface area (Å²) < 4.78 is 1.74. The summed E-state index contributed by atoms with van der Waals surface area (Å²) in [5.74, 6) is 0. The molecular weight excluding hydrogens is 270 g/mol. The standard InChI is InChI=1S/C14H13N5O2/c1-10-6-14-16-8-11(9-18(14)17-10)7-15-12-2-4-13(5-3-12)19(20)21/h2-6,8-9,15H,7H2,1H3. The number of hydrogen-bond acceptors (Lipinski definition) is 5. The van der Waals surface area contributed by atoms with Crippen LogP contribution >= 0.6 is 0 Å². The van der Waals surface area contributed by atoms with Gasteiger partial charge >= 0.3 is 0 Å². The first-order valence-electron chi connectivity index (χ1n) is 6.41. The van der Waals surface area contributed by atoms with E-state index in [0.29, 0.717) is 6.54 Å². The maximum atomic E-state index is 10.6. The van der Waals surface area contributed by atoms with Crippen LogP contribution < -0.4 is 5.32 Å². The molecule has 3 aromatic rings. The van der Waals surface area contributed by atoms with Gasteiger partial charge < -0.3 is 5.32 Å². The molecule has 0 aliphatic heterocycles. The van der Waals surface area contributed by atoms with E-state index in [1.807, 2.05) is 19.2 Å². The minimum absolute atomic E-state index is 0.0793. The van der Waals surface area contributed by atoms with Crippen molar-refractivity contribution >= 4 is 17.0 Å². The summed E-state index contributed by atoms with van der Waals surface area (Å²) in [7, 11) is 0. The van der Waals surface area contributed by atoms with Crippen LogP contribution in [0, 0.1) is 17.0 Å². The first kappa shape index (κ1) is 13.0. The van der Waals surface area contributed by atoms with Crippen molar-refractivity contribution in [2.75, 3.05) is 5.32 Å². The van der Waals surface area contributed by atoms with Crippen LogP contribution in [0.1, 0.15) is 11.3 Å². The third-order valence-corrected chi connectivity index (χ3v) is 3.06. The highest BCUT2D eigenvalue weighted by molar-refractivity contribution is 5.49. The Balaban J connectivity index is 1.71. The first-order valence-corrected chi connectivity index (χ1v) is 6.41. The summed E-state index contributed by atoms with van der Waals surface area (Å²) in [5.41, 5.74) is 3.60. The Labute approximate surface area is 120 Å². The minimum atomic E-state index is -0.415. The molecule has 21 heavy (non-hydrogen) atoms. The molecule has 0 radical (unpaired) electrons. The number of fused-ring (bicyclic) bond motifs is 1. The molecule has 2 aromatic heterocycles. The van der Waals surface area contributed by atoms with E-state index < -0.39 is 4.92 Å². The first-order chi connectivity index (χ1) is 10.1. The van der Waals surface area contributed by atoms with Crippen LogP contribution in [0.25, 0.3) is 5.65 Å². The van der Waals surface area contributed by atoms with Gasteiger partial charge in [-0.05, 0) is 19.1 Å². The molecule has 0 aliphatic rings. The number of nitrogens with zero attached hydrogens (tertiary/aromatic N) is 4. The van der Waals surface area contributed by atoms with Crippen LogP contribution in [0.3, 0.4) is 0 Å². The van der Waals surface area contributed by atoms with Gasteiger partial charge in [-0.3, -0.25) is 10.1 Å². The maximum Gasteiger partial charge on any atom is 0.269 e. The van der Waals surface area contributed by atoms with Gasteiger partial charge in [0, 0.05) is 48.4 Å². The summed E-state index contributed by atoms with van der Waals surface area (Å²) in [4.78, 5) is 14.5. The number of rotatable bonds is 4. The molecule has 0 bridgehead atoms. The lowest BCUT2D eigenvalue weighted by Gasteiger charge is -2.06. The van der Waals surface area contributed by atoms with Crippen LogP contribution in [-0.2, 0) is 6.54 Å². The zero-order chi connectivity index (χ0) is 14.8. The Hall–Kier alpha value is -2.96. The zero-order valence-electron chi connectivity index (χ0n) is 11.4. The summed E-state index contributed by atoms with van der Waals surface area (Å²) in [6.07, 6.45) is 3.70. The summed E-state index contributed by atoms with van der Waals surface area (Å²) in [5, 5.41) is 18.1. The van der Waals surface area contributed by atoms with Crippen molar-refractivity contribution in [3.8, 4) is 0 Å². The molecule has 0 saturated heterocycles. The van der Waals surface area contributed by atoms with E-state index >= 15 is 0 Å². The monoisotopic (exact) mass is 283 g/mol. The number of benzene rings is 1. The smallest absolute Gasteiger partial charge is 0.269 e. The van der Waals surface area contributed by atoms with Crippen molar-refractivity contribution in [2.24, 2.45) is 0 Å². The maximum absolute atomic E-state index is 10.6. The average molecular weight is 283 g/mol. The van der Waals surface area contributed by atoms with Gasteiger partial charge in [-0.1, -0.05) is 0 Å². The Morgan fingerprint density at radius 3 is 2.81 bits per heavy atom. The van der Waals surface area contributed by atoms with E-state index in [9.17, 15) is 10.1 Å². The molecule has 3 rings (SSSR count). The van der Waals surface area contributed by atoms with E-state index in [2.05, 4.69) is 15.4 Å². The fraction of sp³-hybridized carbons (Fsp3) is 0.143. The highest BCUT2D eigenvalue weighted by Gasteiger charge is 2.04. The summed E-state index contributed by atoms with van der Waals surface area (Å²) >= 11 is 0. The molecule has 2 heterocycles. The molecule has 0 aliphatic carbocycles. The predicted molar refractivity (Wildman–Crippen MR) is 78.1 cm³/mol. The van der Waals surface area contributed by atoms with Crippen LogP contribution in [0.5, 0.6) is 0 Å². The number of aromatic nitrogens is 3. The van der Waals surface area contributed by atoms with Crippen molar-refractivity contribution in [1.82, 2.24) is 14.6 Å². The van der Waals surface area contributed by atoms with Gasteiger partial charge in [0.2, 0.25) is 0 Å². The zero-order valence-corrected chi connectivity index (χ0v) is 11.4. The van der Waals surface area contributed by atoms with Crippen LogP contribution in [0.4, 0.5) is 11.4 Å². The van der Waals surface area contributed by atoms with Gasteiger partial charge in [-0.25, -0.2) is 9.50 Å². The van der Waals surface area contributed by atoms with Gasteiger partial charge in [0.15, 0.2) is 5.65 Å². The molecule has 0 saturated carbocycles. The lowest BCUT2D eigenvalue weighted by atomic mass is 10.2. The van der Waals surface area contributed by atoms with Crippen molar-refractivity contribution in [1.29, 1.82) is 0 Å². The molecule has 0 unspecified atom stereocenters. The molecule has 1 N–H and O–H groups in total. The number of nitro benzene ring substituents is 1. The van der Waals surface area contributed by atoms with Gasteiger partial charge in [0.05, 0.1) is 10.6 Å². The van der Waals surface area contributed by atoms with Crippen molar-refractivity contribution in [3.05, 3.63) is 64.1 Å². The third-order valence-electron chi connectivity index (χ3n) is 3.06.